The molecule has 0 amide bonds. The molecule has 0 bridgehead atoms. The van der Waals surface area contributed by atoms with E-state index in [4.69, 9.17) is 0 Å². The predicted octanol–water partition coefficient (Wildman–Crippen LogP) is 3.78. The van der Waals surface area contributed by atoms with E-state index in [0.29, 0.717) is 11.5 Å². The zero-order chi connectivity index (χ0) is 18.2. The minimum atomic E-state index is 0.374. The van der Waals surface area contributed by atoms with Gasteiger partial charge in [0.15, 0.2) is 0 Å². The number of phenols is 2. The fraction of sp³-hybridized carbons (Fsp3) is 0.455. The van der Waals surface area contributed by atoms with Crippen LogP contribution in [0.2, 0.25) is 0 Å². The van der Waals surface area contributed by atoms with E-state index in [-0.39, 0.29) is 0 Å². The molecule has 0 aliphatic heterocycles. The zero-order valence-corrected chi connectivity index (χ0v) is 15.3. The molecule has 4 N–H and O–H groups in total. The molecule has 3 rings (SSSR count). The first-order chi connectivity index (χ1) is 12.7. The van der Waals surface area contributed by atoms with E-state index in [2.05, 4.69) is 10.6 Å². The summed E-state index contributed by atoms with van der Waals surface area (Å²) in [6.07, 6.45) is 5.04. The molecule has 26 heavy (non-hydrogen) atoms. The third-order valence-corrected chi connectivity index (χ3v) is 5.45. The lowest BCUT2D eigenvalue weighted by molar-refractivity contribution is 0.260. The molecule has 0 atom stereocenters. The summed E-state index contributed by atoms with van der Waals surface area (Å²) >= 11 is 0. The molecular weight excluding hydrogens is 324 g/mol. The fourth-order valence-corrected chi connectivity index (χ4v) is 3.78. The number of nitrogens with one attached hydrogen (secondary N) is 2. The van der Waals surface area contributed by atoms with Gasteiger partial charge in [0.05, 0.1) is 0 Å². The molecule has 4 nitrogen and oxygen atoms in total. The van der Waals surface area contributed by atoms with Gasteiger partial charge in [0.1, 0.15) is 11.5 Å². The van der Waals surface area contributed by atoms with Crippen LogP contribution < -0.4 is 10.6 Å². The Balaban J connectivity index is 1.30. The molecule has 0 spiro atoms. The van der Waals surface area contributed by atoms with Gasteiger partial charge in [0.2, 0.25) is 0 Å². The Morgan fingerprint density at radius 3 is 1.42 bits per heavy atom. The monoisotopic (exact) mass is 354 g/mol. The zero-order valence-electron chi connectivity index (χ0n) is 15.3. The maximum Gasteiger partial charge on any atom is 0.120 e. The van der Waals surface area contributed by atoms with Crippen LogP contribution in [0.15, 0.2) is 48.5 Å². The quantitative estimate of drug-likeness (QED) is 0.582. The molecular formula is C22H30N2O2. The van der Waals surface area contributed by atoms with Crippen molar-refractivity contribution in [3.05, 3.63) is 59.7 Å². The Morgan fingerprint density at radius 2 is 1.04 bits per heavy atom. The van der Waals surface area contributed by atoms with Gasteiger partial charge in [-0.2, -0.15) is 0 Å². The largest absolute Gasteiger partial charge is 0.508 e. The number of rotatable bonds is 8. The van der Waals surface area contributed by atoms with Crippen molar-refractivity contribution in [3.63, 3.8) is 0 Å². The molecule has 0 radical (unpaired) electrons. The van der Waals surface area contributed by atoms with E-state index in [1.165, 1.54) is 25.7 Å². The van der Waals surface area contributed by atoms with Crippen molar-refractivity contribution in [1.82, 2.24) is 10.6 Å². The fourth-order valence-electron chi connectivity index (χ4n) is 3.78. The van der Waals surface area contributed by atoms with Crippen molar-refractivity contribution in [2.45, 2.75) is 38.8 Å². The van der Waals surface area contributed by atoms with Gasteiger partial charge in [0.25, 0.3) is 0 Å². The highest BCUT2D eigenvalue weighted by Crippen LogP contribution is 2.28. The van der Waals surface area contributed by atoms with Gasteiger partial charge in [-0.15, -0.1) is 0 Å². The summed E-state index contributed by atoms with van der Waals surface area (Å²) in [5, 5.41) is 26.6. The third-order valence-electron chi connectivity index (χ3n) is 5.45. The first-order valence-corrected chi connectivity index (χ1v) is 9.67. The molecule has 2 aromatic rings. The van der Waals surface area contributed by atoms with E-state index in [1.807, 2.05) is 36.4 Å². The SMILES string of the molecule is Oc1ccccc1CNCC1CCC(CNCc2ccccc2O)CC1. The first kappa shape index (κ1) is 18.7. The molecule has 140 valence electrons. The average Bonchev–Trinajstić information content (AvgIpc) is 2.66. The number of aromatic hydroxyl groups is 2. The molecule has 0 saturated heterocycles. The van der Waals surface area contributed by atoms with Gasteiger partial charge in [-0.1, -0.05) is 36.4 Å². The third kappa shape index (κ3) is 5.48. The van der Waals surface area contributed by atoms with Crippen molar-refractivity contribution in [2.75, 3.05) is 13.1 Å². The topological polar surface area (TPSA) is 64.5 Å². The minimum Gasteiger partial charge on any atom is -0.508 e. The van der Waals surface area contributed by atoms with Gasteiger partial charge in [0, 0.05) is 24.2 Å². The van der Waals surface area contributed by atoms with Gasteiger partial charge in [-0.05, 0) is 62.7 Å². The Bertz CT molecular complexity index is 622. The highest BCUT2D eigenvalue weighted by atomic mass is 16.3. The summed E-state index contributed by atoms with van der Waals surface area (Å²) in [6, 6.07) is 15.1. The van der Waals surface area contributed by atoms with Crippen molar-refractivity contribution in [2.24, 2.45) is 11.8 Å². The van der Waals surface area contributed by atoms with E-state index < -0.39 is 0 Å². The normalized spacial score (nSPS) is 20.2. The van der Waals surface area contributed by atoms with Crippen LogP contribution in [-0.2, 0) is 13.1 Å². The van der Waals surface area contributed by atoms with Crippen LogP contribution in [-0.4, -0.2) is 23.3 Å². The van der Waals surface area contributed by atoms with Gasteiger partial charge in [-0.25, -0.2) is 0 Å². The maximum atomic E-state index is 9.80. The molecule has 1 fully saturated rings. The Kier molecular flexibility index (Phi) is 6.92. The van der Waals surface area contributed by atoms with Crippen LogP contribution in [0.3, 0.4) is 0 Å². The minimum absolute atomic E-state index is 0.374. The van der Waals surface area contributed by atoms with E-state index in [0.717, 1.165) is 49.1 Å². The van der Waals surface area contributed by atoms with Crippen molar-refractivity contribution >= 4 is 0 Å². The second-order valence-electron chi connectivity index (χ2n) is 7.41. The molecule has 4 heteroatoms. The lowest BCUT2D eigenvalue weighted by Gasteiger charge is -2.29. The summed E-state index contributed by atoms with van der Waals surface area (Å²) in [5.41, 5.74) is 1.93. The second-order valence-corrected chi connectivity index (χ2v) is 7.41. The molecule has 0 unspecified atom stereocenters. The van der Waals surface area contributed by atoms with Crippen LogP contribution in [0.1, 0.15) is 36.8 Å². The van der Waals surface area contributed by atoms with E-state index >= 15 is 0 Å². The van der Waals surface area contributed by atoms with Crippen molar-refractivity contribution in [3.8, 4) is 11.5 Å². The maximum absolute atomic E-state index is 9.80. The summed E-state index contributed by atoms with van der Waals surface area (Å²) in [7, 11) is 0. The van der Waals surface area contributed by atoms with Crippen LogP contribution in [0.5, 0.6) is 11.5 Å². The summed E-state index contributed by atoms with van der Waals surface area (Å²) in [5.74, 6) is 2.21. The van der Waals surface area contributed by atoms with Crippen LogP contribution >= 0.6 is 0 Å². The molecule has 0 aromatic heterocycles. The standard InChI is InChI=1S/C22H30N2O2/c25-21-7-3-1-5-19(21)15-23-13-17-9-11-18(12-10-17)14-24-16-20-6-2-4-8-22(20)26/h1-8,17-18,23-26H,9-16H2. The molecule has 1 saturated carbocycles. The highest BCUT2D eigenvalue weighted by molar-refractivity contribution is 5.32. The van der Waals surface area contributed by atoms with Crippen molar-refractivity contribution < 1.29 is 10.2 Å². The Morgan fingerprint density at radius 1 is 0.654 bits per heavy atom. The molecule has 1 aliphatic carbocycles. The summed E-state index contributed by atoms with van der Waals surface area (Å²) in [6.45, 7) is 3.50. The number of para-hydroxylation sites is 2. The van der Waals surface area contributed by atoms with Crippen LogP contribution in [0.4, 0.5) is 0 Å². The van der Waals surface area contributed by atoms with Crippen LogP contribution in [0, 0.1) is 11.8 Å². The number of hydrogen-bond acceptors (Lipinski definition) is 4. The lowest BCUT2D eigenvalue weighted by atomic mass is 9.82. The van der Waals surface area contributed by atoms with E-state index in [9.17, 15) is 10.2 Å². The number of hydrogen-bond donors (Lipinski definition) is 4. The smallest absolute Gasteiger partial charge is 0.120 e. The highest BCUT2D eigenvalue weighted by Gasteiger charge is 2.20. The molecule has 0 heterocycles. The van der Waals surface area contributed by atoms with Crippen LogP contribution in [0.25, 0.3) is 0 Å². The van der Waals surface area contributed by atoms with E-state index in [1.54, 1.807) is 12.1 Å². The Hall–Kier alpha value is -2.04. The van der Waals surface area contributed by atoms with Gasteiger partial charge in [-0.3, -0.25) is 0 Å². The van der Waals surface area contributed by atoms with Crippen molar-refractivity contribution in [1.29, 1.82) is 0 Å². The number of phenolic OH excluding ortho intramolecular Hbond substituents is 2. The van der Waals surface area contributed by atoms with Gasteiger partial charge < -0.3 is 20.8 Å². The first-order valence-electron chi connectivity index (χ1n) is 9.67. The Labute approximate surface area is 156 Å². The molecule has 2 aromatic carbocycles. The van der Waals surface area contributed by atoms with Gasteiger partial charge >= 0.3 is 0 Å². The lowest BCUT2D eigenvalue weighted by Crippen LogP contribution is -2.30. The number of benzene rings is 2. The molecule has 1 aliphatic rings. The predicted molar refractivity (Wildman–Crippen MR) is 105 cm³/mol. The summed E-state index contributed by atoms with van der Waals surface area (Å²) < 4.78 is 0. The summed E-state index contributed by atoms with van der Waals surface area (Å²) in [4.78, 5) is 0. The average molecular weight is 354 g/mol. The second kappa shape index (κ2) is 9.60.